The van der Waals surface area contributed by atoms with Crippen LogP contribution in [0.25, 0.3) is 0 Å². The topological polar surface area (TPSA) is 58.5 Å². The molecule has 4 rings (SSSR count). The summed E-state index contributed by atoms with van der Waals surface area (Å²) in [7, 11) is 1.64. The molecule has 0 aliphatic carbocycles. The highest BCUT2D eigenvalue weighted by molar-refractivity contribution is 6.09. The molecule has 1 atom stereocenters. The number of aromatic nitrogens is 1. The van der Waals surface area contributed by atoms with Gasteiger partial charge in [-0.15, -0.1) is 0 Å². The van der Waals surface area contributed by atoms with Crippen LogP contribution < -0.4 is 15.4 Å². The molecule has 0 fully saturated rings. The number of hydrogen-bond acceptors (Lipinski definition) is 5. The summed E-state index contributed by atoms with van der Waals surface area (Å²) in [6, 6.07) is 20.9. The van der Waals surface area contributed by atoms with Crippen molar-refractivity contribution in [2.45, 2.75) is 19.5 Å². The van der Waals surface area contributed by atoms with Crippen LogP contribution in [0, 0.1) is 0 Å². The molecule has 5 nitrogen and oxygen atoms in total. The first kappa shape index (κ1) is 22.1. The largest absolute Gasteiger partial charge is 0.495 e. The van der Waals surface area contributed by atoms with E-state index in [0.29, 0.717) is 5.75 Å². The number of nitrogens with one attached hydrogen (secondary N) is 2. The zero-order chi connectivity index (χ0) is 22.9. The molecule has 0 unspecified atom stereocenters. The van der Waals surface area contributed by atoms with E-state index in [1.54, 1.807) is 19.5 Å². The standard InChI is InChI=1S/C28H28N4O/c1-21(23-12-9-13-25(16-23)30-18-22-10-5-3-6-11-22)31-28-15-8-4-7-14-27(32-28)24-17-26(33-2)20-29-19-24/h3-17,19-21,30H,18H2,1-2H3,(H,31,32)/t21-/m0/s1. The fraction of sp³-hybridized carbons (Fsp3) is 0.143. The lowest BCUT2D eigenvalue weighted by molar-refractivity contribution is 0.413. The molecule has 0 spiro atoms. The number of ether oxygens (including phenoxy) is 1. The summed E-state index contributed by atoms with van der Waals surface area (Å²) >= 11 is 0. The Bertz CT molecular complexity index is 1200. The Hall–Kier alpha value is -4.12. The Morgan fingerprint density at radius 1 is 0.939 bits per heavy atom. The Labute approximate surface area is 195 Å². The van der Waals surface area contributed by atoms with E-state index in [1.165, 1.54) is 11.1 Å². The van der Waals surface area contributed by atoms with Crippen molar-refractivity contribution >= 4 is 11.4 Å². The normalized spacial score (nSPS) is 19.0. The summed E-state index contributed by atoms with van der Waals surface area (Å²) in [5.41, 5.74) is 5.23. The number of methoxy groups -OCH3 is 1. The number of rotatable bonds is 8. The average Bonchev–Trinajstić information content (AvgIpc) is 2.85. The predicted octanol–water partition coefficient (Wildman–Crippen LogP) is 5.81. The second-order valence-corrected chi connectivity index (χ2v) is 7.74. The van der Waals surface area contributed by atoms with Crippen molar-refractivity contribution in [2.24, 2.45) is 4.99 Å². The molecule has 2 aromatic carbocycles. The number of allylic oxidation sites excluding steroid dienone is 5. The first-order valence-corrected chi connectivity index (χ1v) is 11.0. The van der Waals surface area contributed by atoms with Gasteiger partial charge in [-0.05, 0) is 48.4 Å². The van der Waals surface area contributed by atoms with Crippen molar-refractivity contribution < 1.29 is 4.74 Å². The molecule has 0 radical (unpaired) electrons. The van der Waals surface area contributed by atoms with E-state index in [2.05, 4.69) is 71.1 Å². The van der Waals surface area contributed by atoms with E-state index in [1.807, 2.05) is 42.5 Å². The number of hydrogen-bond donors (Lipinski definition) is 2. The molecule has 1 aliphatic heterocycles. The van der Waals surface area contributed by atoms with Crippen LogP contribution in [0.2, 0.25) is 0 Å². The fourth-order valence-corrected chi connectivity index (χ4v) is 3.50. The van der Waals surface area contributed by atoms with E-state index in [4.69, 9.17) is 9.73 Å². The van der Waals surface area contributed by atoms with Crippen LogP contribution in [0.5, 0.6) is 5.75 Å². The van der Waals surface area contributed by atoms with Gasteiger partial charge in [-0.3, -0.25) is 4.98 Å². The third kappa shape index (κ3) is 6.20. The molecule has 2 heterocycles. The van der Waals surface area contributed by atoms with Crippen molar-refractivity contribution in [1.82, 2.24) is 10.3 Å². The molecule has 0 saturated heterocycles. The monoisotopic (exact) mass is 436 g/mol. The first-order chi connectivity index (χ1) is 16.2. The van der Waals surface area contributed by atoms with Crippen LogP contribution in [0.15, 0.2) is 114 Å². The third-order valence-electron chi connectivity index (χ3n) is 5.31. The van der Waals surface area contributed by atoms with Crippen LogP contribution in [-0.2, 0) is 6.54 Å². The average molecular weight is 437 g/mol. The van der Waals surface area contributed by atoms with Crippen LogP contribution in [-0.4, -0.2) is 17.8 Å². The van der Waals surface area contributed by atoms with Gasteiger partial charge in [0, 0.05) is 24.0 Å². The van der Waals surface area contributed by atoms with E-state index in [-0.39, 0.29) is 6.04 Å². The smallest absolute Gasteiger partial charge is 0.137 e. The summed E-state index contributed by atoms with van der Waals surface area (Å²) in [6.07, 6.45) is 13.4. The van der Waals surface area contributed by atoms with Crippen molar-refractivity contribution in [3.63, 3.8) is 0 Å². The minimum atomic E-state index is 0.0694. The highest BCUT2D eigenvalue weighted by atomic mass is 16.5. The lowest BCUT2D eigenvalue weighted by atomic mass is 10.1. The molecule has 0 amide bonds. The third-order valence-corrected chi connectivity index (χ3v) is 5.31. The summed E-state index contributed by atoms with van der Waals surface area (Å²) in [4.78, 5) is 9.13. The number of aliphatic imine (C=N–C) groups is 1. The van der Waals surface area contributed by atoms with E-state index in [9.17, 15) is 0 Å². The van der Waals surface area contributed by atoms with Gasteiger partial charge in [0.25, 0.3) is 0 Å². The molecule has 2 N–H and O–H groups in total. The van der Waals surface area contributed by atoms with Gasteiger partial charge in [-0.1, -0.05) is 60.7 Å². The van der Waals surface area contributed by atoms with Gasteiger partial charge in [-0.2, -0.15) is 0 Å². The van der Waals surface area contributed by atoms with Crippen molar-refractivity contribution in [2.75, 3.05) is 12.4 Å². The van der Waals surface area contributed by atoms with E-state index >= 15 is 0 Å². The second-order valence-electron chi connectivity index (χ2n) is 7.74. The molecule has 0 saturated carbocycles. The minimum Gasteiger partial charge on any atom is -0.495 e. The van der Waals surface area contributed by atoms with Gasteiger partial charge in [0.2, 0.25) is 0 Å². The second kappa shape index (κ2) is 11.0. The highest BCUT2D eigenvalue weighted by Crippen LogP contribution is 2.20. The SMILES string of the molecule is COc1cncc(C2=N/C(N[C@@H](C)c3cccc(NCc4ccccc4)c3)=C\C=C\C=C\2)c1. The van der Waals surface area contributed by atoms with Gasteiger partial charge < -0.3 is 15.4 Å². The van der Waals surface area contributed by atoms with Gasteiger partial charge in [0.1, 0.15) is 11.6 Å². The summed E-state index contributed by atoms with van der Waals surface area (Å²) in [5.74, 6) is 1.48. The van der Waals surface area contributed by atoms with Gasteiger partial charge in [-0.25, -0.2) is 4.99 Å². The number of benzene rings is 2. The van der Waals surface area contributed by atoms with Crippen molar-refractivity contribution in [1.29, 1.82) is 0 Å². The minimum absolute atomic E-state index is 0.0694. The van der Waals surface area contributed by atoms with Crippen LogP contribution in [0.3, 0.4) is 0 Å². The van der Waals surface area contributed by atoms with Gasteiger partial charge in [0.15, 0.2) is 0 Å². The zero-order valence-corrected chi connectivity index (χ0v) is 18.9. The molecule has 1 aromatic heterocycles. The van der Waals surface area contributed by atoms with Crippen LogP contribution in [0.4, 0.5) is 5.69 Å². The van der Waals surface area contributed by atoms with Crippen molar-refractivity contribution in [3.05, 3.63) is 126 Å². The van der Waals surface area contributed by atoms with Crippen LogP contribution >= 0.6 is 0 Å². The Morgan fingerprint density at radius 3 is 2.67 bits per heavy atom. The molecular formula is C28H28N4O. The number of pyridine rings is 1. The Kier molecular flexibility index (Phi) is 7.33. The maximum atomic E-state index is 5.32. The number of anilines is 1. The lowest BCUT2D eigenvalue weighted by Crippen LogP contribution is -2.18. The summed E-state index contributed by atoms with van der Waals surface area (Å²) in [5, 5.41) is 7.05. The first-order valence-electron chi connectivity index (χ1n) is 11.0. The highest BCUT2D eigenvalue weighted by Gasteiger charge is 2.10. The maximum absolute atomic E-state index is 5.32. The Morgan fingerprint density at radius 2 is 1.82 bits per heavy atom. The summed E-state index contributed by atoms with van der Waals surface area (Å²) < 4.78 is 5.32. The maximum Gasteiger partial charge on any atom is 0.137 e. The molecule has 33 heavy (non-hydrogen) atoms. The van der Waals surface area contributed by atoms with Crippen LogP contribution in [0.1, 0.15) is 29.7 Å². The molecule has 0 bridgehead atoms. The zero-order valence-electron chi connectivity index (χ0n) is 18.9. The summed E-state index contributed by atoms with van der Waals surface area (Å²) in [6.45, 7) is 2.92. The van der Waals surface area contributed by atoms with E-state index < -0.39 is 0 Å². The Balaban J connectivity index is 1.49. The van der Waals surface area contributed by atoms with E-state index in [0.717, 1.165) is 29.3 Å². The molecule has 3 aromatic rings. The molecule has 1 aliphatic rings. The molecule has 166 valence electrons. The van der Waals surface area contributed by atoms with Gasteiger partial charge >= 0.3 is 0 Å². The lowest BCUT2D eigenvalue weighted by Gasteiger charge is -2.18. The number of nitrogens with zero attached hydrogens (tertiary/aromatic N) is 2. The fourth-order valence-electron chi connectivity index (χ4n) is 3.50. The quantitative estimate of drug-likeness (QED) is 0.468. The predicted molar refractivity (Wildman–Crippen MR) is 135 cm³/mol. The van der Waals surface area contributed by atoms with Crippen molar-refractivity contribution in [3.8, 4) is 5.75 Å². The molecular weight excluding hydrogens is 408 g/mol. The molecule has 5 heteroatoms. The van der Waals surface area contributed by atoms with Gasteiger partial charge in [0.05, 0.1) is 25.1 Å².